The van der Waals surface area contributed by atoms with Crippen LogP contribution in [0.25, 0.3) is 0 Å². The summed E-state index contributed by atoms with van der Waals surface area (Å²) in [5, 5.41) is 6.46. The number of nitrogens with zero attached hydrogens (tertiary/aromatic N) is 1. The molecule has 19 heavy (non-hydrogen) atoms. The third kappa shape index (κ3) is 2.59. The molecule has 2 atom stereocenters. The monoisotopic (exact) mass is 259 g/mol. The minimum Gasteiger partial charge on any atom is -0.329 e. The Balaban J connectivity index is 1.67. The van der Waals surface area contributed by atoms with Crippen LogP contribution in [0, 0.1) is 12.8 Å². The van der Waals surface area contributed by atoms with Crippen molar-refractivity contribution in [1.29, 1.82) is 0 Å². The van der Waals surface area contributed by atoms with E-state index in [2.05, 4.69) is 29.7 Å². The van der Waals surface area contributed by atoms with E-state index < -0.39 is 0 Å². The molecule has 2 heterocycles. The van der Waals surface area contributed by atoms with E-state index in [-0.39, 0.29) is 12.1 Å². The summed E-state index contributed by atoms with van der Waals surface area (Å²) in [5.41, 5.74) is 2.49. The summed E-state index contributed by atoms with van der Waals surface area (Å²) in [7, 11) is 0. The van der Waals surface area contributed by atoms with Gasteiger partial charge >= 0.3 is 6.03 Å². The van der Waals surface area contributed by atoms with Gasteiger partial charge in [-0.3, -0.25) is 0 Å². The summed E-state index contributed by atoms with van der Waals surface area (Å²) in [6.07, 6.45) is 1.18. The van der Waals surface area contributed by atoms with Gasteiger partial charge in [-0.2, -0.15) is 0 Å². The Morgan fingerprint density at radius 2 is 2.21 bits per heavy atom. The quantitative estimate of drug-likeness (QED) is 0.867. The highest BCUT2D eigenvalue weighted by Crippen LogP contribution is 2.24. The van der Waals surface area contributed by atoms with E-state index in [1.807, 2.05) is 17.0 Å². The topological polar surface area (TPSA) is 44.4 Å². The second kappa shape index (κ2) is 5.21. The number of nitrogens with one attached hydrogen (secondary N) is 2. The number of rotatable bonds is 3. The van der Waals surface area contributed by atoms with Gasteiger partial charge in [-0.25, -0.2) is 4.79 Å². The maximum Gasteiger partial charge on any atom is 0.318 e. The fraction of sp³-hybridized carbons (Fsp3) is 0.533. The van der Waals surface area contributed by atoms with Crippen LogP contribution in [0.1, 0.15) is 23.6 Å². The summed E-state index contributed by atoms with van der Waals surface area (Å²) in [6.45, 7) is 5.90. The molecule has 2 aliphatic heterocycles. The molecule has 0 saturated carbocycles. The van der Waals surface area contributed by atoms with Gasteiger partial charge in [0.1, 0.15) is 0 Å². The number of benzene rings is 1. The molecule has 0 aromatic heterocycles. The molecule has 2 aliphatic rings. The Labute approximate surface area is 114 Å². The average molecular weight is 259 g/mol. The lowest BCUT2D eigenvalue weighted by Gasteiger charge is -2.19. The number of carbonyl (C=O) groups is 1. The summed E-state index contributed by atoms with van der Waals surface area (Å²) >= 11 is 0. The molecule has 0 radical (unpaired) electrons. The fourth-order valence-electron chi connectivity index (χ4n) is 3.08. The maximum atomic E-state index is 12.1. The predicted molar refractivity (Wildman–Crippen MR) is 75.0 cm³/mol. The number of urea groups is 1. The fourth-order valence-corrected chi connectivity index (χ4v) is 3.08. The third-order valence-electron chi connectivity index (χ3n) is 4.19. The first-order valence-corrected chi connectivity index (χ1v) is 7.05. The summed E-state index contributed by atoms with van der Waals surface area (Å²) in [4.78, 5) is 14.0. The van der Waals surface area contributed by atoms with Gasteiger partial charge < -0.3 is 15.5 Å². The Bertz CT molecular complexity index is 468. The minimum absolute atomic E-state index is 0.0835. The molecule has 2 amide bonds. The van der Waals surface area contributed by atoms with E-state index in [0.717, 1.165) is 26.2 Å². The van der Waals surface area contributed by atoms with Gasteiger partial charge in [0.25, 0.3) is 0 Å². The van der Waals surface area contributed by atoms with Gasteiger partial charge in [0.15, 0.2) is 0 Å². The Kier molecular flexibility index (Phi) is 3.42. The smallest absolute Gasteiger partial charge is 0.318 e. The molecular weight excluding hydrogens is 238 g/mol. The Hall–Kier alpha value is -1.55. The highest BCUT2D eigenvalue weighted by Gasteiger charge is 2.32. The molecule has 0 aliphatic carbocycles. The van der Waals surface area contributed by atoms with Gasteiger partial charge in [0.05, 0.1) is 6.04 Å². The molecule has 102 valence electrons. The zero-order valence-electron chi connectivity index (χ0n) is 11.4. The molecule has 2 saturated heterocycles. The standard InChI is InChI=1S/C15H21N3O/c1-11-4-2-3-5-13(11)14-10-18(15(19)17-14)9-12-6-7-16-8-12/h2-5,12,14,16H,6-10H2,1H3,(H,17,19). The van der Waals surface area contributed by atoms with Crippen molar-refractivity contribution in [3.63, 3.8) is 0 Å². The van der Waals surface area contributed by atoms with Crippen LogP contribution in [0.2, 0.25) is 0 Å². The van der Waals surface area contributed by atoms with Crippen molar-refractivity contribution >= 4 is 6.03 Å². The highest BCUT2D eigenvalue weighted by molar-refractivity contribution is 5.77. The van der Waals surface area contributed by atoms with Gasteiger partial charge in [-0.1, -0.05) is 24.3 Å². The van der Waals surface area contributed by atoms with Crippen molar-refractivity contribution in [2.45, 2.75) is 19.4 Å². The van der Waals surface area contributed by atoms with E-state index >= 15 is 0 Å². The summed E-state index contributed by atoms with van der Waals surface area (Å²) in [6, 6.07) is 8.52. The minimum atomic E-state index is 0.0835. The molecule has 3 rings (SSSR count). The second-order valence-electron chi connectivity index (χ2n) is 5.62. The van der Waals surface area contributed by atoms with Crippen molar-refractivity contribution < 1.29 is 4.79 Å². The number of carbonyl (C=O) groups excluding carboxylic acids is 1. The van der Waals surface area contributed by atoms with Gasteiger partial charge in [0.2, 0.25) is 0 Å². The van der Waals surface area contributed by atoms with E-state index in [4.69, 9.17) is 0 Å². The van der Waals surface area contributed by atoms with E-state index in [1.165, 1.54) is 17.5 Å². The van der Waals surface area contributed by atoms with Crippen LogP contribution in [0.15, 0.2) is 24.3 Å². The van der Waals surface area contributed by atoms with Crippen LogP contribution in [0.4, 0.5) is 4.79 Å². The van der Waals surface area contributed by atoms with Gasteiger partial charge in [-0.15, -0.1) is 0 Å². The number of hydrogen-bond donors (Lipinski definition) is 2. The molecule has 4 heteroatoms. The van der Waals surface area contributed by atoms with Gasteiger partial charge in [0, 0.05) is 13.1 Å². The zero-order chi connectivity index (χ0) is 13.2. The molecule has 0 bridgehead atoms. The van der Waals surface area contributed by atoms with Crippen LogP contribution in [-0.4, -0.2) is 37.1 Å². The number of hydrogen-bond acceptors (Lipinski definition) is 2. The summed E-state index contributed by atoms with van der Waals surface area (Å²) in [5.74, 6) is 0.612. The number of aryl methyl sites for hydroxylation is 1. The average Bonchev–Trinajstić information content (AvgIpc) is 3.02. The predicted octanol–water partition coefficient (Wildman–Crippen LogP) is 1.67. The first-order chi connectivity index (χ1) is 9.24. The third-order valence-corrected chi connectivity index (χ3v) is 4.19. The lowest BCUT2D eigenvalue weighted by Crippen LogP contribution is -2.33. The first-order valence-electron chi connectivity index (χ1n) is 7.05. The molecule has 2 fully saturated rings. The summed E-state index contributed by atoms with van der Waals surface area (Å²) < 4.78 is 0. The normalized spacial score (nSPS) is 26.8. The number of amides is 2. The van der Waals surface area contributed by atoms with E-state index in [1.54, 1.807) is 0 Å². The van der Waals surface area contributed by atoms with Crippen LogP contribution >= 0.6 is 0 Å². The van der Waals surface area contributed by atoms with Gasteiger partial charge in [-0.05, 0) is 43.5 Å². The molecule has 4 nitrogen and oxygen atoms in total. The molecule has 2 unspecified atom stereocenters. The van der Waals surface area contributed by atoms with E-state index in [0.29, 0.717) is 5.92 Å². The lowest BCUT2D eigenvalue weighted by atomic mass is 10.0. The molecular formula is C15H21N3O. The van der Waals surface area contributed by atoms with Crippen molar-refractivity contribution in [2.24, 2.45) is 5.92 Å². The van der Waals surface area contributed by atoms with Crippen LogP contribution < -0.4 is 10.6 Å². The maximum absolute atomic E-state index is 12.1. The van der Waals surface area contributed by atoms with Crippen LogP contribution in [0.5, 0.6) is 0 Å². The molecule has 2 N–H and O–H groups in total. The van der Waals surface area contributed by atoms with Crippen molar-refractivity contribution in [3.8, 4) is 0 Å². The highest BCUT2D eigenvalue weighted by atomic mass is 16.2. The SMILES string of the molecule is Cc1ccccc1C1CN(CC2CCNC2)C(=O)N1. The van der Waals surface area contributed by atoms with Crippen molar-refractivity contribution in [2.75, 3.05) is 26.2 Å². The Morgan fingerprint density at radius 3 is 2.95 bits per heavy atom. The molecule has 1 aromatic carbocycles. The zero-order valence-corrected chi connectivity index (χ0v) is 11.4. The molecule has 1 aromatic rings. The largest absolute Gasteiger partial charge is 0.329 e. The van der Waals surface area contributed by atoms with Crippen LogP contribution in [-0.2, 0) is 0 Å². The van der Waals surface area contributed by atoms with Crippen molar-refractivity contribution in [3.05, 3.63) is 35.4 Å². The Morgan fingerprint density at radius 1 is 1.37 bits per heavy atom. The molecule has 0 spiro atoms. The van der Waals surface area contributed by atoms with Crippen LogP contribution in [0.3, 0.4) is 0 Å². The lowest BCUT2D eigenvalue weighted by molar-refractivity contribution is 0.210. The van der Waals surface area contributed by atoms with Crippen molar-refractivity contribution in [1.82, 2.24) is 15.5 Å². The second-order valence-corrected chi connectivity index (χ2v) is 5.62. The van der Waals surface area contributed by atoms with E-state index in [9.17, 15) is 4.79 Å². The first kappa shape index (κ1) is 12.5.